The lowest BCUT2D eigenvalue weighted by molar-refractivity contribution is -0.137. The number of aromatic nitrogens is 2. The predicted molar refractivity (Wildman–Crippen MR) is 99.4 cm³/mol. The number of rotatable bonds is 4. The minimum absolute atomic E-state index is 0.0643. The van der Waals surface area contributed by atoms with E-state index >= 15 is 0 Å². The summed E-state index contributed by atoms with van der Waals surface area (Å²) in [5, 5.41) is 3.81. The van der Waals surface area contributed by atoms with Crippen LogP contribution in [-0.2, 0) is 12.7 Å². The SMILES string of the molecule is Cc1occc1C(=O)N1CCN(Cc2nc(-c3cccc(C(F)(F)F)c3)no2)CC1. The molecule has 0 unspecified atom stereocenters. The van der Waals surface area contributed by atoms with Gasteiger partial charge in [0.25, 0.3) is 5.91 Å². The van der Waals surface area contributed by atoms with Gasteiger partial charge in [-0.2, -0.15) is 18.2 Å². The number of amides is 1. The Kier molecular flexibility index (Phi) is 5.33. The van der Waals surface area contributed by atoms with Gasteiger partial charge in [-0.3, -0.25) is 9.69 Å². The van der Waals surface area contributed by atoms with E-state index in [-0.39, 0.29) is 17.3 Å². The number of nitrogens with zero attached hydrogens (tertiary/aromatic N) is 4. The fraction of sp³-hybridized carbons (Fsp3) is 0.350. The molecule has 0 bridgehead atoms. The Morgan fingerprint density at radius 2 is 1.93 bits per heavy atom. The smallest absolute Gasteiger partial charge is 0.416 e. The molecular formula is C20H19F3N4O3. The monoisotopic (exact) mass is 420 g/mol. The van der Waals surface area contributed by atoms with Gasteiger partial charge >= 0.3 is 6.18 Å². The summed E-state index contributed by atoms with van der Waals surface area (Å²) in [5.41, 5.74) is 0.0387. The zero-order chi connectivity index (χ0) is 21.3. The van der Waals surface area contributed by atoms with Crippen LogP contribution in [0.2, 0.25) is 0 Å². The lowest BCUT2D eigenvalue weighted by Crippen LogP contribution is -2.48. The number of carbonyl (C=O) groups excluding carboxylic acids is 1. The third-order valence-corrected chi connectivity index (χ3v) is 5.02. The molecule has 158 valence electrons. The summed E-state index contributed by atoms with van der Waals surface area (Å²) in [4.78, 5) is 20.6. The molecule has 0 aliphatic carbocycles. The molecule has 1 saturated heterocycles. The second kappa shape index (κ2) is 7.94. The Morgan fingerprint density at radius 3 is 2.60 bits per heavy atom. The van der Waals surface area contributed by atoms with Crippen LogP contribution in [0.15, 0.2) is 45.5 Å². The van der Waals surface area contributed by atoms with E-state index in [1.165, 1.54) is 18.4 Å². The average Bonchev–Trinajstić information content (AvgIpc) is 3.36. The molecule has 3 aromatic rings. The van der Waals surface area contributed by atoms with Crippen molar-refractivity contribution in [2.24, 2.45) is 0 Å². The van der Waals surface area contributed by atoms with Crippen LogP contribution >= 0.6 is 0 Å². The van der Waals surface area contributed by atoms with Crippen molar-refractivity contribution in [3.63, 3.8) is 0 Å². The third-order valence-electron chi connectivity index (χ3n) is 5.02. The summed E-state index contributed by atoms with van der Waals surface area (Å²) < 4.78 is 49.1. The maximum Gasteiger partial charge on any atom is 0.416 e. The second-order valence-electron chi connectivity index (χ2n) is 7.05. The number of piperazine rings is 1. The molecule has 0 saturated carbocycles. The zero-order valence-corrected chi connectivity index (χ0v) is 16.1. The first-order chi connectivity index (χ1) is 14.3. The van der Waals surface area contributed by atoms with Gasteiger partial charge in [0, 0.05) is 31.7 Å². The Balaban J connectivity index is 1.36. The normalized spacial score (nSPS) is 15.5. The van der Waals surface area contributed by atoms with Gasteiger partial charge in [0.05, 0.1) is 23.9 Å². The van der Waals surface area contributed by atoms with Crippen LogP contribution in [0.25, 0.3) is 11.4 Å². The van der Waals surface area contributed by atoms with E-state index in [9.17, 15) is 18.0 Å². The van der Waals surface area contributed by atoms with E-state index in [0.29, 0.717) is 49.9 Å². The highest BCUT2D eigenvalue weighted by Crippen LogP contribution is 2.31. The van der Waals surface area contributed by atoms with Gasteiger partial charge in [0.1, 0.15) is 5.76 Å². The number of benzene rings is 1. The number of carbonyl (C=O) groups is 1. The van der Waals surface area contributed by atoms with Crippen molar-refractivity contribution in [3.8, 4) is 11.4 Å². The summed E-state index contributed by atoms with van der Waals surface area (Å²) in [6, 6.07) is 6.48. The molecule has 0 N–H and O–H groups in total. The summed E-state index contributed by atoms with van der Waals surface area (Å²) in [6.07, 6.45) is -2.94. The van der Waals surface area contributed by atoms with Crippen LogP contribution < -0.4 is 0 Å². The van der Waals surface area contributed by atoms with E-state index in [2.05, 4.69) is 15.0 Å². The van der Waals surface area contributed by atoms with E-state index in [4.69, 9.17) is 8.94 Å². The molecule has 0 radical (unpaired) electrons. The van der Waals surface area contributed by atoms with E-state index in [1.54, 1.807) is 17.9 Å². The average molecular weight is 420 g/mol. The first-order valence-corrected chi connectivity index (χ1v) is 9.37. The molecule has 0 spiro atoms. The van der Waals surface area contributed by atoms with E-state index in [0.717, 1.165) is 12.1 Å². The van der Waals surface area contributed by atoms with Crippen LogP contribution in [0.4, 0.5) is 13.2 Å². The summed E-state index contributed by atoms with van der Waals surface area (Å²) in [5.74, 6) is 0.953. The molecule has 30 heavy (non-hydrogen) atoms. The maximum absolute atomic E-state index is 12.9. The van der Waals surface area contributed by atoms with Gasteiger partial charge in [-0.25, -0.2) is 0 Å². The Morgan fingerprint density at radius 1 is 1.17 bits per heavy atom. The lowest BCUT2D eigenvalue weighted by Gasteiger charge is -2.33. The maximum atomic E-state index is 12.9. The van der Waals surface area contributed by atoms with Crippen LogP contribution in [0.1, 0.15) is 27.6 Å². The summed E-state index contributed by atoms with van der Waals surface area (Å²) in [7, 11) is 0. The van der Waals surface area contributed by atoms with Gasteiger partial charge in [-0.1, -0.05) is 17.3 Å². The predicted octanol–water partition coefficient (Wildman–Crippen LogP) is 3.61. The van der Waals surface area contributed by atoms with Crippen molar-refractivity contribution >= 4 is 5.91 Å². The second-order valence-corrected chi connectivity index (χ2v) is 7.05. The Labute approximate surface area is 170 Å². The number of hydrogen-bond donors (Lipinski definition) is 0. The van der Waals surface area contributed by atoms with E-state index < -0.39 is 11.7 Å². The molecule has 1 fully saturated rings. The van der Waals surface area contributed by atoms with Crippen molar-refractivity contribution in [2.45, 2.75) is 19.6 Å². The first kappa shape index (κ1) is 20.1. The molecular weight excluding hydrogens is 401 g/mol. The van der Waals surface area contributed by atoms with Crippen LogP contribution in [0.5, 0.6) is 0 Å². The Bertz CT molecular complexity index is 1040. The number of alkyl halides is 3. The zero-order valence-electron chi connectivity index (χ0n) is 16.1. The van der Waals surface area contributed by atoms with Crippen molar-refractivity contribution < 1.29 is 26.9 Å². The van der Waals surface area contributed by atoms with Crippen molar-refractivity contribution in [1.29, 1.82) is 0 Å². The van der Waals surface area contributed by atoms with E-state index in [1.807, 2.05) is 0 Å². The highest BCUT2D eigenvalue weighted by Gasteiger charge is 2.31. The standard InChI is InChI=1S/C20H19F3N4O3/c1-13-16(5-10-29-13)19(28)27-8-6-26(7-9-27)12-17-24-18(25-30-17)14-3-2-4-15(11-14)20(21,22)23/h2-5,10-11H,6-9,12H2,1H3. The molecule has 1 aliphatic rings. The number of hydrogen-bond acceptors (Lipinski definition) is 6. The molecule has 3 heterocycles. The highest BCUT2D eigenvalue weighted by molar-refractivity contribution is 5.95. The quantitative estimate of drug-likeness (QED) is 0.642. The van der Waals surface area contributed by atoms with Gasteiger partial charge in [-0.15, -0.1) is 0 Å². The molecule has 2 aromatic heterocycles. The number of aryl methyl sites for hydroxylation is 1. The largest absolute Gasteiger partial charge is 0.469 e. The van der Waals surface area contributed by atoms with Gasteiger partial charge < -0.3 is 13.8 Å². The lowest BCUT2D eigenvalue weighted by atomic mass is 10.1. The fourth-order valence-corrected chi connectivity index (χ4v) is 3.35. The summed E-state index contributed by atoms with van der Waals surface area (Å²) in [6.45, 7) is 4.42. The molecule has 4 rings (SSSR count). The third kappa shape index (κ3) is 4.23. The first-order valence-electron chi connectivity index (χ1n) is 9.37. The van der Waals surface area contributed by atoms with Crippen molar-refractivity contribution in [2.75, 3.05) is 26.2 Å². The minimum Gasteiger partial charge on any atom is -0.469 e. The number of furan rings is 1. The van der Waals surface area contributed by atoms with Crippen LogP contribution in [-0.4, -0.2) is 52.0 Å². The van der Waals surface area contributed by atoms with Gasteiger partial charge in [0.2, 0.25) is 11.7 Å². The van der Waals surface area contributed by atoms with Crippen LogP contribution in [0, 0.1) is 6.92 Å². The molecule has 1 aliphatic heterocycles. The highest BCUT2D eigenvalue weighted by atomic mass is 19.4. The van der Waals surface area contributed by atoms with Gasteiger partial charge in [-0.05, 0) is 25.1 Å². The van der Waals surface area contributed by atoms with Crippen molar-refractivity contribution in [3.05, 3.63) is 59.4 Å². The summed E-state index contributed by atoms with van der Waals surface area (Å²) >= 11 is 0. The van der Waals surface area contributed by atoms with Crippen LogP contribution in [0.3, 0.4) is 0 Å². The fourth-order valence-electron chi connectivity index (χ4n) is 3.35. The molecule has 1 aromatic carbocycles. The van der Waals surface area contributed by atoms with Gasteiger partial charge in [0.15, 0.2) is 0 Å². The minimum atomic E-state index is -4.44. The Hall–Kier alpha value is -3.14. The number of halogens is 3. The molecule has 0 atom stereocenters. The molecule has 7 nitrogen and oxygen atoms in total. The topological polar surface area (TPSA) is 75.6 Å². The molecule has 1 amide bonds. The molecule has 10 heteroatoms. The van der Waals surface area contributed by atoms with Crippen molar-refractivity contribution in [1.82, 2.24) is 19.9 Å².